The molecule has 2 aromatic rings. The summed E-state index contributed by atoms with van der Waals surface area (Å²) >= 11 is 0. The van der Waals surface area contributed by atoms with Gasteiger partial charge in [-0.1, -0.05) is 18.6 Å². The maximum Gasteiger partial charge on any atom is 0.198 e. The summed E-state index contributed by atoms with van der Waals surface area (Å²) in [5, 5.41) is 7.37. The molecular weight excluding hydrogens is 380 g/mol. The number of hydrogen-bond donors (Lipinski definition) is 0. The van der Waals surface area contributed by atoms with Gasteiger partial charge in [0, 0.05) is 30.4 Å². The van der Waals surface area contributed by atoms with Crippen molar-refractivity contribution in [3.63, 3.8) is 0 Å². The lowest BCUT2D eigenvalue weighted by Gasteiger charge is -2.49. The van der Waals surface area contributed by atoms with Crippen LogP contribution in [0.15, 0.2) is 41.5 Å². The summed E-state index contributed by atoms with van der Waals surface area (Å²) in [4.78, 5) is 0. The molecule has 6 nitrogen and oxygen atoms in total. The zero-order valence-electron chi connectivity index (χ0n) is 17.8. The Hall–Kier alpha value is -2.89. The fraction of sp³-hybridized carbons (Fsp3) is 0.458. The molecule has 1 saturated carbocycles. The third-order valence-electron chi connectivity index (χ3n) is 6.56. The molecule has 1 unspecified atom stereocenters. The molecule has 0 N–H and O–H groups in total. The Labute approximate surface area is 177 Å². The van der Waals surface area contributed by atoms with Gasteiger partial charge in [-0.3, -0.25) is 0 Å². The minimum atomic E-state index is -0.400. The number of fused-ring (bicyclic) bond motifs is 4. The molecule has 6 heteroatoms. The van der Waals surface area contributed by atoms with Crippen molar-refractivity contribution in [3.8, 4) is 23.0 Å². The van der Waals surface area contributed by atoms with Gasteiger partial charge < -0.3 is 18.9 Å². The highest BCUT2D eigenvalue weighted by Gasteiger charge is 2.51. The second kappa shape index (κ2) is 7.42. The summed E-state index contributed by atoms with van der Waals surface area (Å²) in [7, 11) is 5.02. The molecule has 30 heavy (non-hydrogen) atoms. The van der Waals surface area contributed by atoms with Crippen molar-refractivity contribution in [2.45, 2.75) is 50.3 Å². The summed E-state index contributed by atoms with van der Waals surface area (Å²) in [5.41, 5.74) is 2.84. The Morgan fingerprint density at radius 2 is 1.70 bits per heavy atom. The van der Waals surface area contributed by atoms with Crippen LogP contribution in [-0.4, -0.2) is 37.8 Å². The molecule has 0 radical (unpaired) electrons. The lowest BCUT2D eigenvalue weighted by molar-refractivity contribution is -0.141. The zero-order valence-corrected chi connectivity index (χ0v) is 17.8. The van der Waals surface area contributed by atoms with Crippen LogP contribution in [0, 0.1) is 0 Å². The first-order chi connectivity index (χ1) is 14.7. The zero-order chi connectivity index (χ0) is 20.7. The summed E-state index contributed by atoms with van der Waals surface area (Å²) in [6.45, 7) is 0. The molecule has 5 rings (SSSR count). The molecule has 0 amide bonds. The molecule has 1 fully saturated rings. The second-order valence-electron chi connectivity index (χ2n) is 8.17. The predicted octanol–water partition coefficient (Wildman–Crippen LogP) is 4.92. The summed E-state index contributed by atoms with van der Waals surface area (Å²) in [5.74, 6) is 3.12. The summed E-state index contributed by atoms with van der Waals surface area (Å²) in [6, 6.07) is 12.3. The number of methoxy groups -OCH3 is 3. The van der Waals surface area contributed by atoms with E-state index < -0.39 is 5.72 Å². The van der Waals surface area contributed by atoms with Gasteiger partial charge in [-0.15, -0.1) is 0 Å². The van der Waals surface area contributed by atoms with Crippen LogP contribution in [0.25, 0.3) is 0 Å². The largest absolute Gasteiger partial charge is 0.493 e. The third kappa shape index (κ3) is 2.89. The van der Waals surface area contributed by atoms with Crippen LogP contribution in [0.2, 0.25) is 0 Å². The first-order valence-corrected chi connectivity index (χ1v) is 10.6. The van der Waals surface area contributed by atoms with Crippen molar-refractivity contribution in [1.82, 2.24) is 5.01 Å². The van der Waals surface area contributed by atoms with Crippen LogP contribution in [-0.2, 0) is 0 Å². The van der Waals surface area contributed by atoms with Crippen LogP contribution in [0.4, 0.5) is 0 Å². The first kappa shape index (κ1) is 19.1. The van der Waals surface area contributed by atoms with E-state index in [1.165, 1.54) is 6.42 Å². The summed E-state index contributed by atoms with van der Waals surface area (Å²) in [6.07, 6.45) is 6.31. The maximum atomic E-state index is 6.71. The molecule has 1 aliphatic carbocycles. The lowest BCUT2D eigenvalue weighted by atomic mass is 9.86. The molecule has 1 atom stereocenters. The molecule has 3 aliphatic rings. The van der Waals surface area contributed by atoms with E-state index in [4.69, 9.17) is 24.0 Å². The molecule has 158 valence electrons. The van der Waals surface area contributed by atoms with E-state index >= 15 is 0 Å². The molecule has 1 spiro atoms. The van der Waals surface area contributed by atoms with Crippen molar-refractivity contribution < 1.29 is 18.9 Å². The van der Waals surface area contributed by atoms with Gasteiger partial charge in [-0.25, -0.2) is 5.01 Å². The second-order valence-corrected chi connectivity index (χ2v) is 8.17. The van der Waals surface area contributed by atoms with E-state index in [0.29, 0.717) is 5.75 Å². The SMILES string of the molecule is COc1ccc(C2=NN3C(C2)c2cccc(OC)c2OC32CCCCC2)cc1OC. The van der Waals surface area contributed by atoms with Crippen molar-refractivity contribution >= 4 is 5.71 Å². The van der Waals surface area contributed by atoms with Gasteiger partial charge in [0.05, 0.1) is 33.1 Å². The Kier molecular flexibility index (Phi) is 4.72. The quantitative estimate of drug-likeness (QED) is 0.719. The number of hydrogen-bond acceptors (Lipinski definition) is 6. The van der Waals surface area contributed by atoms with Gasteiger partial charge in [-0.2, -0.15) is 5.10 Å². The van der Waals surface area contributed by atoms with Crippen molar-refractivity contribution in [2.24, 2.45) is 5.10 Å². The molecule has 2 aliphatic heterocycles. The topological polar surface area (TPSA) is 52.5 Å². The van der Waals surface area contributed by atoms with Crippen LogP contribution in [0.1, 0.15) is 55.7 Å². The van der Waals surface area contributed by atoms with Gasteiger partial charge in [0.25, 0.3) is 0 Å². The third-order valence-corrected chi connectivity index (χ3v) is 6.56. The van der Waals surface area contributed by atoms with Crippen LogP contribution < -0.4 is 18.9 Å². The van der Waals surface area contributed by atoms with E-state index in [9.17, 15) is 0 Å². The summed E-state index contributed by atoms with van der Waals surface area (Å²) < 4.78 is 23.3. The van der Waals surface area contributed by atoms with E-state index in [1.54, 1.807) is 21.3 Å². The molecule has 2 heterocycles. The van der Waals surface area contributed by atoms with E-state index in [1.807, 2.05) is 24.3 Å². The predicted molar refractivity (Wildman–Crippen MR) is 115 cm³/mol. The number of benzene rings is 2. The van der Waals surface area contributed by atoms with Crippen molar-refractivity contribution in [2.75, 3.05) is 21.3 Å². The highest BCUT2D eigenvalue weighted by molar-refractivity contribution is 6.02. The maximum absolute atomic E-state index is 6.71. The van der Waals surface area contributed by atoms with Crippen molar-refractivity contribution in [1.29, 1.82) is 0 Å². The minimum Gasteiger partial charge on any atom is -0.493 e. The van der Waals surface area contributed by atoms with Crippen LogP contribution >= 0.6 is 0 Å². The van der Waals surface area contributed by atoms with Gasteiger partial charge in [0.1, 0.15) is 0 Å². The van der Waals surface area contributed by atoms with Gasteiger partial charge in [0.2, 0.25) is 0 Å². The minimum absolute atomic E-state index is 0.144. The monoisotopic (exact) mass is 408 g/mol. The Morgan fingerprint density at radius 1 is 0.933 bits per heavy atom. The number of para-hydroxylation sites is 1. The highest BCUT2D eigenvalue weighted by Crippen LogP contribution is 2.53. The Balaban J connectivity index is 1.59. The van der Waals surface area contributed by atoms with Gasteiger partial charge in [-0.05, 0) is 37.1 Å². The molecule has 2 aromatic carbocycles. The number of ether oxygens (including phenoxy) is 4. The average molecular weight is 408 g/mol. The standard InChI is InChI=1S/C24H28N2O4/c1-27-20-11-10-16(14-22(20)29-3)18-15-19-17-8-7-9-21(28-2)23(17)30-24(26(19)25-18)12-5-4-6-13-24/h7-11,14,19H,4-6,12-13,15H2,1-3H3. The first-order valence-electron chi connectivity index (χ1n) is 10.6. The molecule has 0 aromatic heterocycles. The smallest absolute Gasteiger partial charge is 0.198 e. The Bertz CT molecular complexity index is 981. The van der Waals surface area contributed by atoms with Crippen LogP contribution in [0.3, 0.4) is 0 Å². The normalized spacial score (nSPS) is 21.4. The van der Waals surface area contributed by atoms with E-state index in [2.05, 4.69) is 17.1 Å². The van der Waals surface area contributed by atoms with Crippen LogP contribution in [0.5, 0.6) is 23.0 Å². The number of rotatable bonds is 4. The molecular formula is C24H28N2O4. The van der Waals surface area contributed by atoms with Gasteiger partial charge >= 0.3 is 0 Å². The molecule has 0 bridgehead atoms. The van der Waals surface area contributed by atoms with E-state index in [-0.39, 0.29) is 6.04 Å². The van der Waals surface area contributed by atoms with Gasteiger partial charge in [0.15, 0.2) is 28.7 Å². The lowest BCUT2D eigenvalue weighted by Crippen LogP contribution is -2.54. The molecule has 0 saturated heterocycles. The number of hydrazone groups is 1. The fourth-order valence-corrected chi connectivity index (χ4v) is 5.06. The fourth-order valence-electron chi connectivity index (χ4n) is 5.06. The highest BCUT2D eigenvalue weighted by atomic mass is 16.5. The number of nitrogens with zero attached hydrogens (tertiary/aromatic N) is 2. The van der Waals surface area contributed by atoms with E-state index in [0.717, 1.165) is 66.2 Å². The Morgan fingerprint density at radius 3 is 2.43 bits per heavy atom. The average Bonchev–Trinajstić information content (AvgIpc) is 3.26. The van der Waals surface area contributed by atoms with Crippen molar-refractivity contribution in [3.05, 3.63) is 47.5 Å².